The van der Waals surface area contributed by atoms with E-state index in [2.05, 4.69) is 12.0 Å². The van der Waals surface area contributed by atoms with Crippen molar-refractivity contribution < 1.29 is 14.3 Å². The summed E-state index contributed by atoms with van der Waals surface area (Å²) in [6, 6.07) is 7.12. The smallest absolute Gasteiger partial charge is 0.410 e. The molecule has 1 aliphatic heterocycles. The molecule has 8 heteroatoms. The van der Waals surface area contributed by atoms with E-state index in [0.717, 1.165) is 19.3 Å². The first kappa shape index (κ1) is 22.8. The highest BCUT2D eigenvalue weighted by molar-refractivity contribution is 6.04. The molecule has 1 fully saturated rings. The number of aromatic nitrogens is 2. The molecule has 31 heavy (non-hydrogen) atoms. The molecule has 0 saturated carbocycles. The summed E-state index contributed by atoms with van der Waals surface area (Å²) in [6.07, 6.45) is 2.50. The number of piperazine rings is 1. The standard InChI is InChI=1S/C23H32N4O4/c1-5-6-9-12-27-20(28)18-11-8-7-10-17(18)19(24-27)21(29)25-13-15-26(16-14-25)22(30)31-23(2,3)4/h7-8,10-11H,5-6,9,12-16H2,1-4H3. The van der Waals surface area contributed by atoms with Gasteiger partial charge in [0.25, 0.3) is 11.5 Å². The molecule has 2 heterocycles. The molecular formula is C23H32N4O4. The van der Waals surface area contributed by atoms with Gasteiger partial charge >= 0.3 is 6.09 Å². The fourth-order valence-corrected chi connectivity index (χ4v) is 3.62. The third kappa shape index (κ3) is 5.42. The van der Waals surface area contributed by atoms with Crippen LogP contribution in [0.25, 0.3) is 10.8 Å². The lowest BCUT2D eigenvalue weighted by atomic mass is 10.1. The molecule has 168 valence electrons. The van der Waals surface area contributed by atoms with Gasteiger partial charge in [-0.1, -0.05) is 38.0 Å². The van der Waals surface area contributed by atoms with Crippen molar-refractivity contribution in [2.45, 2.75) is 59.1 Å². The van der Waals surface area contributed by atoms with E-state index in [1.807, 2.05) is 26.8 Å². The maximum absolute atomic E-state index is 13.3. The van der Waals surface area contributed by atoms with Crippen molar-refractivity contribution in [3.8, 4) is 0 Å². The van der Waals surface area contributed by atoms with Gasteiger partial charge in [0.1, 0.15) is 5.60 Å². The quantitative estimate of drug-likeness (QED) is 0.683. The summed E-state index contributed by atoms with van der Waals surface area (Å²) >= 11 is 0. The summed E-state index contributed by atoms with van der Waals surface area (Å²) in [5, 5.41) is 5.53. The van der Waals surface area contributed by atoms with E-state index in [0.29, 0.717) is 43.5 Å². The van der Waals surface area contributed by atoms with Gasteiger partial charge in [0, 0.05) is 38.1 Å². The normalized spacial score (nSPS) is 14.7. The lowest BCUT2D eigenvalue weighted by molar-refractivity contribution is 0.0140. The van der Waals surface area contributed by atoms with Crippen LogP contribution in [-0.2, 0) is 11.3 Å². The zero-order valence-electron chi connectivity index (χ0n) is 18.9. The Hall–Kier alpha value is -2.90. The highest BCUT2D eigenvalue weighted by Gasteiger charge is 2.29. The average Bonchev–Trinajstić information content (AvgIpc) is 2.74. The number of unbranched alkanes of at least 4 members (excludes halogenated alkanes) is 2. The molecule has 1 aliphatic rings. The van der Waals surface area contributed by atoms with Crippen LogP contribution in [-0.4, -0.2) is 63.4 Å². The van der Waals surface area contributed by atoms with E-state index >= 15 is 0 Å². The lowest BCUT2D eigenvalue weighted by Crippen LogP contribution is -2.52. The Morgan fingerprint density at radius 3 is 2.23 bits per heavy atom. The van der Waals surface area contributed by atoms with Gasteiger partial charge in [-0.05, 0) is 33.3 Å². The molecule has 2 amide bonds. The predicted octanol–water partition coefficient (Wildman–Crippen LogP) is 3.28. The molecule has 0 bridgehead atoms. The van der Waals surface area contributed by atoms with E-state index < -0.39 is 5.60 Å². The zero-order chi connectivity index (χ0) is 22.6. The van der Waals surface area contributed by atoms with E-state index in [1.165, 1.54) is 4.68 Å². The third-order valence-electron chi connectivity index (χ3n) is 5.26. The Balaban J connectivity index is 1.80. The van der Waals surface area contributed by atoms with Crippen molar-refractivity contribution >= 4 is 22.8 Å². The number of nitrogens with zero attached hydrogens (tertiary/aromatic N) is 4. The second-order valence-corrected chi connectivity index (χ2v) is 8.89. The molecule has 0 unspecified atom stereocenters. The van der Waals surface area contributed by atoms with Crippen LogP contribution in [0.1, 0.15) is 57.4 Å². The number of amides is 2. The summed E-state index contributed by atoms with van der Waals surface area (Å²) in [6.45, 7) is 9.66. The van der Waals surface area contributed by atoms with E-state index in [4.69, 9.17) is 4.74 Å². The van der Waals surface area contributed by atoms with E-state index in [-0.39, 0.29) is 23.3 Å². The van der Waals surface area contributed by atoms with Crippen LogP contribution < -0.4 is 5.56 Å². The summed E-state index contributed by atoms with van der Waals surface area (Å²) in [4.78, 5) is 41.7. The number of carbonyl (C=O) groups excluding carboxylic acids is 2. The van der Waals surface area contributed by atoms with Gasteiger partial charge in [-0.25, -0.2) is 9.48 Å². The minimum Gasteiger partial charge on any atom is -0.444 e. The second-order valence-electron chi connectivity index (χ2n) is 8.89. The van der Waals surface area contributed by atoms with E-state index in [1.54, 1.807) is 28.0 Å². The van der Waals surface area contributed by atoms with Crippen molar-refractivity contribution in [2.24, 2.45) is 0 Å². The molecule has 1 saturated heterocycles. The van der Waals surface area contributed by atoms with Crippen LogP contribution in [0.5, 0.6) is 0 Å². The van der Waals surface area contributed by atoms with Gasteiger partial charge < -0.3 is 14.5 Å². The SMILES string of the molecule is CCCCCn1nc(C(=O)N2CCN(C(=O)OC(C)(C)C)CC2)c2ccccc2c1=O. The number of fused-ring (bicyclic) bond motifs is 1. The summed E-state index contributed by atoms with van der Waals surface area (Å²) in [7, 11) is 0. The Morgan fingerprint density at radius 2 is 1.61 bits per heavy atom. The van der Waals surface area contributed by atoms with Gasteiger partial charge in [-0.15, -0.1) is 0 Å². The average molecular weight is 429 g/mol. The largest absolute Gasteiger partial charge is 0.444 e. The zero-order valence-corrected chi connectivity index (χ0v) is 18.9. The highest BCUT2D eigenvalue weighted by atomic mass is 16.6. The molecule has 0 N–H and O–H groups in total. The topological polar surface area (TPSA) is 84.7 Å². The fourth-order valence-electron chi connectivity index (χ4n) is 3.62. The summed E-state index contributed by atoms with van der Waals surface area (Å²) in [5.41, 5.74) is -0.436. The van der Waals surface area contributed by atoms with Crippen LogP contribution >= 0.6 is 0 Å². The number of rotatable bonds is 5. The summed E-state index contributed by atoms with van der Waals surface area (Å²) < 4.78 is 6.84. The number of hydrogen-bond donors (Lipinski definition) is 0. The van der Waals surface area contributed by atoms with Crippen LogP contribution in [0.3, 0.4) is 0 Å². The van der Waals surface area contributed by atoms with Crippen molar-refractivity contribution in [1.29, 1.82) is 0 Å². The van der Waals surface area contributed by atoms with Crippen LogP contribution in [0.15, 0.2) is 29.1 Å². The molecule has 0 spiro atoms. The Bertz CT molecular complexity index is 1000. The first-order chi connectivity index (χ1) is 14.7. The molecular weight excluding hydrogens is 396 g/mol. The molecule has 0 radical (unpaired) electrons. The van der Waals surface area contributed by atoms with Gasteiger partial charge in [-0.2, -0.15) is 5.10 Å². The predicted molar refractivity (Wildman–Crippen MR) is 119 cm³/mol. The van der Waals surface area contributed by atoms with Crippen molar-refractivity contribution in [2.75, 3.05) is 26.2 Å². The Kier molecular flexibility index (Phi) is 6.97. The van der Waals surface area contributed by atoms with Gasteiger partial charge in [0.2, 0.25) is 0 Å². The number of carbonyl (C=O) groups is 2. The van der Waals surface area contributed by atoms with Gasteiger partial charge in [0.15, 0.2) is 5.69 Å². The highest BCUT2D eigenvalue weighted by Crippen LogP contribution is 2.18. The first-order valence-electron chi connectivity index (χ1n) is 11.0. The molecule has 8 nitrogen and oxygen atoms in total. The van der Waals surface area contributed by atoms with Crippen molar-refractivity contribution in [3.05, 3.63) is 40.3 Å². The molecule has 0 atom stereocenters. The van der Waals surface area contributed by atoms with E-state index in [9.17, 15) is 14.4 Å². The summed E-state index contributed by atoms with van der Waals surface area (Å²) in [5.74, 6) is -0.218. The minimum atomic E-state index is -0.557. The second kappa shape index (κ2) is 9.49. The maximum Gasteiger partial charge on any atom is 0.410 e. The maximum atomic E-state index is 13.3. The first-order valence-corrected chi connectivity index (χ1v) is 11.0. The van der Waals surface area contributed by atoms with Gasteiger partial charge in [-0.3, -0.25) is 9.59 Å². The number of aryl methyl sites for hydroxylation is 1. The third-order valence-corrected chi connectivity index (χ3v) is 5.26. The van der Waals surface area contributed by atoms with Crippen LogP contribution in [0, 0.1) is 0 Å². The van der Waals surface area contributed by atoms with Crippen LogP contribution in [0.2, 0.25) is 0 Å². The van der Waals surface area contributed by atoms with Crippen LogP contribution in [0.4, 0.5) is 4.79 Å². The van der Waals surface area contributed by atoms with Crippen molar-refractivity contribution in [1.82, 2.24) is 19.6 Å². The molecule has 3 rings (SSSR count). The molecule has 0 aliphatic carbocycles. The lowest BCUT2D eigenvalue weighted by Gasteiger charge is -2.35. The minimum absolute atomic E-state index is 0.169. The molecule has 1 aromatic carbocycles. The number of hydrogen-bond acceptors (Lipinski definition) is 5. The Labute approximate surface area is 182 Å². The monoisotopic (exact) mass is 428 g/mol. The van der Waals surface area contributed by atoms with Crippen molar-refractivity contribution in [3.63, 3.8) is 0 Å². The number of benzene rings is 1. The van der Waals surface area contributed by atoms with Gasteiger partial charge in [0.05, 0.1) is 5.39 Å². The molecule has 2 aromatic rings. The number of ether oxygens (including phenoxy) is 1. The molecule has 1 aromatic heterocycles. The Morgan fingerprint density at radius 1 is 1.00 bits per heavy atom. The fraction of sp³-hybridized carbons (Fsp3) is 0.565.